The van der Waals surface area contributed by atoms with Crippen molar-refractivity contribution in [2.45, 2.75) is 44.6 Å². The average Bonchev–Trinajstić information content (AvgIpc) is 3.60. The van der Waals surface area contributed by atoms with Crippen LogP contribution in [0.2, 0.25) is 0 Å². The first-order valence-electron chi connectivity index (χ1n) is 13.0. The predicted octanol–water partition coefficient (Wildman–Crippen LogP) is 6.04. The number of hydrogen-bond acceptors (Lipinski definition) is 6. The number of aromatic nitrogens is 1. The topological polar surface area (TPSA) is 88.3 Å². The molecular formula is C29H30N4O2S2. The van der Waals surface area contributed by atoms with Gasteiger partial charge in [-0.2, -0.15) is 0 Å². The van der Waals surface area contributed by atoms with Gasteiger partial charge in [0, 0.05) is 24.4 Å². The van der Waals surface area contributed by atoms with Gasteiger partial charge in [-0.05, 0) is 54.0 Å². The fourth-order valence-corrected chi connectivity index (χ4v) is 7.41. The van der Waals surface area contributed by atoms with Crippen LogP contribution in [0.5, 0.6) is 0 Å². The summed E-state index contributed by atoms with van der Waals surface area (Å²) in [6, 6.07) is 16.0. The van der Waals surface area contributed by atoms with Crippen molar-refractivity contribution in [1.29, 1.82) is 0 Å². The molecule has 1 aliphatic carbocycles. The molecule has 8 heteroatoms. The minimum atomic E-state index is -0.232. The third-order valence-electron chi connectivity index (χ3n) is 7.68. The Morgan fingerprint density at radius 2 is 1.89 bits per heavy atom. The van der Waals surface area contributed by atoms with Gasteiger partial charge < -0.3 is 16.0 Å². The Kier molecular flexibility index (Phi) is 6.69. The summed E-state index contributed by atoms with van der Waals surface area (Å²) in [7, 11) is 0. The lowest BCUT2D eigenvalue weighted by molar-refractivity contribution is -0.126. The van der Waals surface area contributed by atoms with Crippen molar-refractivity contribution in [3.05, 3.63) is 69.9 Å². The van der Waals surface area contributed by atoms with Crippen molar-refractivity contribution < 1.29 is 9.59 Å². The maximum Gasteiger partial charge on any atom is 0.266 e. The van der Waals surface area contributed by atoms with Crippen LogP contribution in [0.15, 0.2) is 53.9 Å². The van der Waals surface area contributed by atoms with Crippen molar-refractivity contribution in [3.63, 3.8) is 0 Å². The van der Waals surface area contributed by atoms with Gasteiger partial charge in [0.05, 0.1) is 22.3 Å². The van der Waals surface area contributed by atoms with Crippen molar-refractivity contribution in [3.8, 4) is 10.6 Å². The normalized spacial score (nSPS) is 18.1. The molecule has 3 N–H and O–H groups in total. The van der Waals surface area contributed by atoms with E-state index in [0.717, 1.165) is 58.5 Å². The minimum Gasteiger partial charge on any atom is -0.397 e. The summed E-state index contributed by atoms with van der Waals surface area (Å²) in [4.78, 5) is 36.0. The molecule has 2 aliphatic rings. The second-order valence-corrected chi connectivity index (χ2v) is 11.9. The largest absolute Gasteiger partial charge is 0.397 e. The second kappa shape index (κ2) is 10.3. The molecule has 0 spiro atoms. The second-order valence-electron chi connectivity index (χ2n) is 9.91. The molecule has 0 bridgehead atoms. The first kappa shape index (κ1) is 24.1. The summed E-state index contributed by atoms with van der Waals surface area (Å²) >= 11 is 2.99. The first-order chi connectivity index (χ1) is 18.1. The fraction of sp³-hybridized carbons (Fsp3) is 0.345. The molecule has 37 heavy (non-hydrogen) atoms. The summed E-state index contributed by atoms with van der Waals surface area (Å²) in [6.07, 6.45) is 6.12. The first-order valence-corrected chi connectivity index (χ1v) is 14.7. The van der Waals surface area contributed by atoms with Crippen LogP contribution in [0.3, 0.4) is 0 Å². The number of fused-ring (bicyclic) bond motifs is 2. The maximum atomic E-state index is 14.0. The van der Waals surface area contributed by atoms with E-state index in [1.807, 2.05) is 46.7 Å². The Hall–Kier alpha value is -3.23. The van der Waals surface area contributed by atoms with E-state index in [2.05, 4.69) is 17.4 Å². The number of nitrogens with zero attached hydrogens (tertiary/aromatic N) is 2. The molecule has 1 aromatic carbocycles. The van der Waals surface area contributed by atoms with Crippen LogP contribution < -0.4 is 11.1 Å². The van der Waals surface area contributed by atoms with Gasteiger partial charge in [0.1, 0.15) is 9.71 Å². The van der Waals surface area contributed by atoms with Crippen molar-refractivity contribution in [2.75, 3.05) is 18.8 Å². The third-order valence-corrected chi connectivity index (χ3v) is 9.68. The van der Waals surface area contributed by atoms with Crippen molar-refractivity contribution in [2.24, 2.45) is 5.92 Å². The number of thiophene rings is 2. The summed E-state index contributed by atoms with van der Waals surface area (Å²) in [5.41, 5.74) is 10.2. The molecule has 1 fully saturated rings. The van der Waals surface area contributed by atoms with Crippen LogP contribution in [-0.4, -0.2) is 34.8 Å². The molecule has 6 rings (SSSR count). The van der Waals surface area contributed by atoms with Gasteiger partial charge in [-0.3, -0.25) is 9.59 Å². The number of hydrogen-bond donors (Lipinski definition) is 2. The molecule has 6 nitrogen and oxygen atoms in total. The lowest BCUT2D eigenvalue weighted by atomic mass is 9.88. The van der Waals surface area contributed by atoms with Gasteiger partial charge in [0.25, 0.3) is 5.91 Å². The number of anilines is 1. The monoisotopic (exact) mass is 530 g/mol. The smallest absolute Gasteiger partial charge is 0.266 e. The molecule has 4 heterocycles. The third kappa shape index (κ3) is 4.64. The van der Waals surface area contributed by atoms with E-state index in [4.69, 9.17) is 10.7 Å². The Bertz CT molecular complexity index is 1440. The van der Waals surface area contributed by atoms with Crippen LogP contribution in [-0.2, 0) is 11.2 Å². The predicted molar refractivity (Wildman–Crippen MR) is 151 cm³/mol. The highest BCUT2D eigenvalue weighted by molar-refractivity contribution is 7.21. The Morgan fingerprint density at radius 1 is 1.05 bits per heavy atom. The molecule has 2 amide bonds. The number of pyridine rings is 1. The Morgan fingerprint density at radius 3 is 2.70 bits per heavy atom. The molecule has 4 aromatic rings. The molecule has 190 valence electrons. The highest BCUT2D eigenvalue weighted by atomic mass is 32.1. The summed E-state index contributed by atoms with van der Waals surface area (Å²) in [6.45, 7) is 0.991. The van der Waals surface area contributed by atoms with E-state index in [0.29, 0.717) is 23.7 Å². The zero-order valence-corrected chi connectivity index (χ0v) is 22.2. The number of nitrogen functional groups attached to an aromatic ring is 1. The van der Waals surface area contributed by atoms with Crippen LogP contribution >= 0.6 is 22.7 Å². The van der Waals surface area contributed by atoms with Gasteiger partial charge in [-0.15, -0.1) is 22.7 Å². The van der Waals surface area contributed by atoms with E-state index in [1.165, 1.54) is 23.3 Å². The highest BCUT2D eigenvalue weighted by Gasteiger charge is 2.34. The van der Waals surface area contributed by atoms with Crippen LogP contribution in [0.1, 0.15) is 58.9 Å². The Balaban J connectivity index is 1.29. The summed E-state index contributed by atoms with van der Waals surface area (Å²) in [5.74, 6) is 0.102. The molecule has 0 saturated heterocycles. The molecule has 3 aromatic heterocycles. The molecular weight excluding hydrogens is 500 g/mol. The van der Waals surface area contributed by atoms with Crippen LogP contribution in [0.4, 0.5) is 5.69 Å². The van der Waals surface area contributed by atoms with Gasteiger partial charge in [0.15, 0.2) is 0 Å². The number of amides is 2. The van der Waals surface area contributed by atoms with Crippen molar-refractivity contribution in [1.82, 2.24) is 15.2 Å². The zero-order valence-electron chi connectivity index (χ0n) is 20.6. The number of nitrogens with one attached hydrogen (secondary N) is 1. The van der Waals surface area contributed by atoms with Gasteiger partial charge >= 0.3 is 0 Å². The van der Waals surface area contributed by atoms with E-state index in [9.17, 15) is 9.59 Å². The lowest BCUT2D eigenvalue weighted by Gasteiger charge is -2.37. The number of benzene rings is 1. The lowest BCUT2D eigenvalue weighted by Crippen LogP contribution is -2.46. The van der Waals surface area contributed by atoms with E-state index >= 15 is 0 Å². The quantitative estimate of drug-likeness (QED) is 0.329. The van der Waals surface area contributed by atoms with E-state index in [1.54, 1.807) is 11.3 Å². The highest BCUT2D eigenvalue weighted by Crippen LogP contribution is 2.38. The standard InChI is InChI=1S/C29H30N4O2S2/c30-25-21-12-13-22(24-11-6-16-36-24)32-28(21)37-26(25)29(35)33-15-14-18-7-4-5-10-20(18)23(33)17-31-27(34)19-8-2-1-3-9-19/h4-7,10-13,16,19,23H,1-3,8-9,14-15,17,30H2,(H,31,34)/t23-/m0/s1. The summed E-state index contributed by atoms with van der Waals surface area (Å²) < 4.78 is 0. The number of rotatable bonds is 5. The van der Waals surface area contributed by atoms with Gasteiger partial charge in [-0.25, -0.2) is 4.98 Å². The molecule has 0 unspecified atom stereocenters. The summed E-state index contributed by atoms with van der Waals surface area (Å²) in [5, 5.41) is 6.03. The van der Waals surface area contributed by atoms with Crippen LogP contribution in [0, 0.1) is 5.92 Å². The number of carbonyl (C=O) groups excluding carboxylic acids is 2. The number of nitrogens with two attached hydrogens (primary N) is 1. The van der Waals surface area contributed by atoms with E-state index < -0.39 is 0 Å². The minimum absolute atomic E-state index is 0.0820. The fourth-order valence-electron chi connectivity index (χ4n) is 5.67. The molecule has 1 aliphatic heterocycles. The molecule has 1 saturated carbocycles. The average molecular weight is 531 g/mol. The van der Waals surface area contributed by atoms with E-state index in [-0.39, 0.29) is 23.8 Å². The SMILES string of the molecule is Nc1c(C(=O)N2CCc3ccccc3[C@@H]2CNC(=O)C2CCCCC2)sc2nc(-c3cccs3)ccc12. The maximum absolute atomic E-state index is 14.0. The van der Waals surface area contributed by atoms with Crippen molar-refractivity contribution >= 4 is 50.4 Å². The number of carbonyl (C=O) groups is 2. The molecule has 1 atom stereocenters. The molecule has 0 radical (unpaired) electrons. The van der Waals surface area contributed by atoms with Crippen LogP contribution in [0.25, 0.3) is 20.8 Å². The Labute approximate surface area is 224 Å². The van der Waals surface area contributed by atoms with Gasteiger partial charge in [0.2, 0.25) is 5.91 Å². The zero-order chi connectivity index (χ0) is 25.4. The van der Waals surface area contributed by atoms with Gasteiger partial charge in [-0.1, -0.05) is 49.6 Å².